The molecule has 2 fully saturated rings. The molecule has 2 aromatic heterocycles. The summed E-state index contributed by atoms with van der Waals surface area (Å²) in [5.74, 6) is 1.04. The van der Waals surface area contributed by atoms with Gasteiger partial charge in [0.05, 0.1) is 18.5 Å². The molecule has 34 heavy (non-hydrogen) atoms. The van der Waals surface area contributed by atoms with Gasteiger partial charge in [-0.2, -0.15) is 0 Å². The highest BCUT2D eigenvalue weighted by molar-refractivity contribution is 5.94. The van der Waals surface area contributed by atoms with E-state index in [0.717, 1.165) is 25.4 Å². The lowest BCUT2D eigenvalue weighted by Gasteiger charge is -2.22. The highest BCUT2D eigenvalue weighted by atomic mass is 16.5. The molecule has 2 saturated heterocycles. The number of amides is 1. The van der Waals surface area contributed by atoms with Gasteiger partial charge in [-0.25, -0.2) is 15.0 Å². The van der Waals surface area contributed by atoms with E-state index in [4.69, 9.17) is 10.5 Å². The van der Waals surface area contributed by atoms with Crippen molar-refractivity contribution in [2.24, 2.45) is 0 Å². The second-order valence-corrected chi connectivity index (χ2v) is 9.01. The molecule has 2 aliphatic heterocycles. The van der Waals surface area contributed by atoms with Gasteiger partial charge in [0.25, 0.3) is 5.91 Å². The summed E-state index contributed by atoms with van der Waals surface area (Å²) in [5.41, 5.74) is 7.64. The average molecular weight is 466 g/mol. The number of rotatable bonds is 6. The first-order valence-electron chi connectivity index (χ1n) is 12.0. The zero-order valence-electron chi connectivity index (χ0n) is 19.2. The van der Waals surface area contributed by atoms with E-state index < -0.39 is 6.10 Å². The fraction of sp³-hybridized carbons (Fsp3) is 0.500. The van der Waals surface area contributed by atoms with Gasteiger partial charge < -0.3 is 25.0 Å². The Labute approximate surface area is 198 Å². The average Bonchev–Trinajstić information content (AvgIpc) is 3.48. The lowest BCUT2D eigenvalue weighted by molar-refractivity contribution is 0.0751. The minimum Gasteiger partial charge on any atom is -0.492 e. The van der Waals surface area contributed by atoms with Crippen LogP contribution in [0.4, 0.5) is 5.82 Å². The normalized spacial score (nSPS) is 21.6. The number of hydrogen-bond acceptors (Lipinski definition) is 8. The van der Waals surface area contributed by atoms with Gasteiger partial charge >= 0.3 is 0 Å². The van der Waals surface area contributed by atoms with Gasteiger partial charge in [-0.15, -0.1) is 0 Å². The number of likely N-dealkylation sites (tertiary alicyclic amines) is 2. The van der Waals surface area contributed by atoms with Gasteiger partial charge in [-0.3, -0.25) is 9.69 Å². The van der Waals surface area contributed by atoms with Crippen molar-refractivity contribution in [2.75, 3.05) is 45.1 Å². The minimum atomic E-state index is -0.627. The van der Waals surface area contributed by atoms with E-state index in [9.17, 15) is 9.90 Å². The molecule has 0 aliphatic carbocycles. The molecule has 5 rings (SSSR count). The number of benzene rings is 1. The number of carbonyl (C=O) groups excluding carboxylic acids is 1. The van der Waals surface area contributed by atoms with E-state index in [2.05, 4.69) is 19.9 Å². The summed E-state index contributed by atoms with van der Waals surface area (Å²) in [6.07, 6.45) is 6.00. The Kier molecular flexibility index (Phi) is 6.59. The highest BCUT2D eigenvalue weighted by Gasteiger charge is 2.30. The van der Waals surface area contributed by atoms with Crippen LogP contribution in [0.2, 0.25) is 0 Å². The summed E-state index contributed by atoms with van der Waals surface area (Å²) in [6.45, 7) is 4.90. The van der Waals surface area contributed by atoms with E-state index in [1.165, 1.54) is 19.2 Å². The fourth-order valence-electron chi connectivity index (χ4n) is 4.89. The van der Waals surface area contributed by atoms with E-state index in [0.29, 0.717) is 55.1 Å². The Balaban J connectivity index is 1.20. The van der Waals surface area contributed by atoms with Crippen molar-refractivity contribution in [3.63, 3.8) is 0 Å². The Morgan fingerprint density at radius 1 is 1.06 bits per heavy atom. The van der Waals surface area contributed by atoms with Gasteiger partial charge in [-0.05, 0) is 63.0 Å². The number of carbonyl (C=O) groups is 1. The predicted octanol–water partition coefficient (Wildman–Crippen LogP) is 1.72. The second-order valence-electron chi connectivity index (χ2n) is 9.01. The Morgan fingerprint density at radius 2 is 1.82 bits per heavy atom. The number of aromatic nitrogens is 4. The maximum atomic E-state index is 13.1. The third-order valence-electron chi connectivity index (χ3n) is 6.84. The smallest absolute Gasteiger partial charge is 0.253 e. The molecule has 2 aliphatic rings. The van der Waals surface area contributed by atoms with E-state index in [-0.39, 0.29) is 11.9 Å². The SMILES string of the molecule is Nc1ncnc2c1ncn2[C@H]1CCN(C(=O)c2ccc(OCCN3CCCC3)cc2)CC[C@@H]1O. The molecule has 0 spiro atoms. The molecular formula is C24H31N7O3. The third kappa shape index (κ3) is 4.69. The molecule has 10 nitrogen and oxygen atoms in total. The number of ether oxygens (including phenoxy) is 1. The highest BCUT2D eigenvalue weighted by Crippen LogP contribution is 2.28. The van der Waals surface area contributed by atoms with Crippen molar-refractivity contribution in [3.05, 3.63) is 42.5 Å². The van der Waals surface area contributed by atoms with Crippen molar-refractivity contribution in [1.29, 1.82) is 0 Å². The van der Waals surface area contributed by atoms with E-state index in [1.807, 2.05) is 28.8 Å². The summed E-state index contributed by atoms with van der Waals surface area (Å²) >= 11 is 0. The molecule has 1 aromatic carbocycles. The van der Waals surface area contributed by atoms with Crippen LogP contribution >= 0.6 is 0 Å². The molecule has 0 saturated carbocycles. The topological polar surface area (TPSA) is 123 Å². The lowest BCUT2D eigenvalue weighted by Crippen LogP contribution is -2.32. The van der Waals surface area contributed by atoms with Gasteiger partial charge in [-0.1, -0.05) is 0 Å². The molecule has 0 unspecified atom stereocenters. The largest absolute Gasteiger partial charge is 0.492 e. The van der Waals surface area contributed by atoms with Crippen LogP contribution in [0.25, 0.3) is 11.2 Å². The Morgan fingerprint density at radius 3 is 2.62 bits per heavy atom. The number of nitrogens with two attached hydrogens (primary N) is 1. The van der Waals surface area contributed by atoms with Crippen LogP contribution in [0, 0.1) is 0 Å². The number of aliphatic hydroxyl groups is 1. The molecule has 3 aromatic rings. The molecule has 4 heterocycles. The molecular weight excluding hydrogens is 434 g/mol. The monoisotopic (exact) mass is 465 g/mol. The summed E-state index contributed by atoms with van der Waals surface area (Å²) in [5, 5.41) is 10.8. The molecule has 0 radical (unpaired) electrons. The minimum absolute atomic E-state index is 0.0430. The fourth-order valence-corrected chi connectivity index (χ4v) is 4.89. The van der Waals surface area contributed by atoms with Gasteiger partial charge in [0, 0.05) is 25.2 Å². The van der Waals surface area contributed by atoms with E-state index >= 15 is 0 Å². The molecule has 180 valence electrons. The predicted molar refractivity (Wildman–Crippen MR) is 128 cm³/mol. The molecule has 1 amide bonds. The quantitative estimate of drug-likeness (QED) is 0.564. The molecule has 3 N–H and O–H groups in total. The van der Waals surface area contributed by atoms with Crippen molar-refractivity contribution in [3.8, 4) is 5.75 Å². The van der Waals surface area contributed by atoms with Crippen LogP contribution in [0.3, 0.4) is 0 Å². The van der Waals surface area contributed by atoms with Crippen LogP contribution in [-0.2, 0) is 0 Å². The first kappa shape index (κ1) is 22.5. The van der Waals surface area contributed by atoms with Crippen molar-refractivity contribution in [2.45, 2.75) is 37.8 Å². The number of fused-ring (bicyclic) bond motifs is 1. The number of anilines is 1. The first-order valence-corrected chi connectivity index (χ1v) is 12.0. The summed E-state index contributed by atoms with van der Waals surface area (Å²) in [4.78, 5) is 30.0. The Bertz CT molecular complexity index is 1130. The van der Waals surface area contributed by atoms with Crippen LogP contribution < -0.4 is 10.5 Å². The number of nitrogen functional groups attached to an aromatic ring is 1. The van der Waals surface area contributed by atoms with Crippen LogP contribution in [-0.4, -0.2) is 85.8 Å². The number of hydrogen-bond donors (Lipinski definition) is 2. The van der Waals surface area contributed by atoms with Crippen LogP contribution in [0.15, 0.2) is 36.9 Å². The number of aliphatic hydroxyl groups excluding tert-OH is 1. The zero-order valence-corrected chi connectivity index (χ0v) is 19.2. The third-order valence-corrected chi connectivity index (χ3v) is 6.84. The van der Waals surface area contributed by atoms with Gasteiger partial charge in [0.2, 0.25) is 0 Å². The Hall–Kier alpha value is -3.24. The van der Waals surface area contributed by atoms with E-state index in [1.54, 1.807) is 11.2 Å². The number of imidazole rings is 1. The summed E-state index contributed by atoms with van der Waals surface area (Å²) in [6, 6.07) is 7.09. The lowest BCUT2D eigenvalue weighted by atomic mass is 10.1. The van der Waals surface area contributed by atoms with Crippen molar-refractivity contribution >= 4 is 22.9 Å². The molecule has 0 bridgehead atoms. The van der Waals surface area contributed by atoms with Gasteiger partial charge in [0.15, 0.2) is 11.5 Å². The first-order chi connectivity index (χ1) is 16.6. The molecule has 2 atom stereocenters. The van der Waals surface area contributed by atoms with Crippen LogP contribution in [0.1, 0.15) is 42.1 Å². The standard InChI is InChI=1S/C24H31N7O3/c25-22-21-23(27-15-26-22)31(16-28-21)19-7-11-30(12-8-20(19)32)24(33)17-3-5-18(6-4-17)34-14-13-29-9-1-2-10-29/h3-6,15-16,19-20,32H,1-2,7-14H2,(H2,25,26,27)/t19-,20-/m0/s1. The second kappa shape index (κ2) is 9.94. The number of nitrogens with zero attached hydrogens (tertiary/aromatic N) is 6. The van der Waals surface area contributed by atoms with Crippen molar-refractivity contribution < 1.29 is 14.6 Å². The van der Waals surface area contributed by atoms with Crippen LogP contribution in [0.5, 0.6) is 5.75 Å². The maximum Gasteiger partial charge on any atom is 0.253 e. The summed E-state index contributed by atoms with van der Waals surface area (Å²) < 4.78 is 7.70. The maximum absolute atomic E-state index is 13.1. The zero-order chi connectivity index (χ0) is 23.5. The summed E-state index contributed by atoms with van der Waals surface area (Å²) in [7, 11) is 0. The van der Waals surface area contributed by atoms with Gasteiger partial charge in [0.1, 0.15) is 24.2 Å². The van der Waals surface area contributed by atoms with Crippen molar-refractivity contribution in [1.82, 2.24) is 29.3 Å². The molecule has 10 heteroatoms.